The number of hydrogen-bond acceptors (Lipinski definition) is 3. The Kier molecular flexibility index (Phi) is 5.45. The van der Waals surface area contributed by atoms with E-state index in [4.69, 9.17) is 5.11 Å². The van der Waals surface area contributed by atoms with Crippen LogP contribution in [0.3, 0.4) is 0 Å². The Morgan fingerprint density at radius 1 is 1.24 bits per heavy atom. The summed E-state index contributed by atoms with van der Waals surface area (Å²) in [7, 11) is 0. The number of rotatable bonds is 5. The number of nitrogens with zero attached hydrogens (tertiary/aromatic N) is 3. The lowest BCUT2D eigenvalue weighted by molar-refractivity contribution is -0.137. The molecule has 1 N–H and O–H groups in total. The largest absolute Gasteiger partial charge is 0.481 e. The third-order valence-corrected chi connectivity index (χ3v) is 4.61. The SMILES string of the molecule is CC(C)N1CCC(N2CCCN(CCC(=O)O)C2=O)CC1. The van der Waals surface area contributed by atoms with Gasteiger partial charge in [0.15, 0.2) is 0 Å². The number of carboxylic acids is 1. The number of urea groups is 1. The molecular weight excluding hydrogens is 270 g/mol. The Bertz CT molecular complexity index is 378. The van der Waals surface area contributed by atoms with Crippen LogP contribution in [0.1, 0.15) is 39.5 Å². The molecule has 0 aromatic carbocycles. The number of carbonyl (C=O) groups is 2. The summed E-state index contributed by atoms with van der Waals surface area (Å²) in [6, 6.07) is 0.917. The van der Waals surface area contributed by atoms with Crippen LogP contribution in [-0.4, -0.2) is 76.6 Å². The Morgan fingerprint density at radius 2 is 1.90 bits per heavy atom. The maximum absolute atomic E-state index is 12.5. The summed E-state index contributed by atoms with van der Waals surface area (Å²) in [5.41, 5.74) is 0. The zero-order valence-corrected chi connectivity index (χ0v) is 13.1. The average molecular weight is 297 g/mol. The second kappa shape index (κ2) is 7.11. The van der Waals surface area contributed by atoms with Gasteiger partial charge in [0.05, 0.1) is 6.42 Å². The van der Waals surface area contributed by atoms with Crippen LogP contribution < -0.4 is 0 Å². The highest BCUT2D eigenvalue weighted by atomic mass is 16.4. The molecule has 6 heteroatoms. The molecule has 0 radical (unpaired) electrons. The molecule has 0 atom stereocenters. The lowest BCUT2D eigenvalue weighted by atomic mass is 10.0. The lowest BCUT2D eigenvalue weighted by Crippen LogP contribution is -2.56. The van der Waals surface area contributed by atoms with Crippen LogP contribution in [0.15, 0.2) is 0 Å². The first-order valence-electron chi connectivity index (χ1n) is 8.00. The topological polar surface area (TPSA) is 64.1 Å². The molecule has 2 fully saturated rings. The van der Waals surface area contributed by atoms with Crippen molar-refractivity contribution in [3.8, 4) is 0 Å². The zero-order chi connectivity index (χ0) is 15.4. The van der Waals surface area contributed by atoms with Gasteiger partial charge in [-0.1, -0.05) is 0 Å². The average Bonchev–Trinajstić information content (AvgIpc) is 2.46. The Labute approximate surface area is 126 Å². The molecule has 2 rings (SSSR count). The van der Waals surface area contributed by atoms with Gasteiger partial charge in [0.25, 0.3) is 0 Å². The van der Waals surface area contributed by atoms with Crippen LogP contribution in [0.2, 0.25) is 0 Å². The van der Waals surface area contributed by atoms with E-state index in [-0.39, 0.29) is 12.5 Å². The van der Waals surface area contributed by atoms with E-state index in [1.807, 2.05) is 4.90 Å². The number of carbonyl (C=O) groups excluding carboxylic acids is 1. The fraction of sp³-hybridized carbons (Fsp3) is 0.867. The zero-order valence-electron chi connectivity index (χ0n) is 13.1. The Balaban J connectivity index is 1.88. The van der Waals surface area contributed by atoms with E-state index in [2.05, 4.69) is 18.7 Å². The molecule has 2 heterocycles. The van der Waals surface area contributed by atoms with E-state index in [1.54, 1.807) is 4.90 Å². The van der Waals surface area contributed by atoms with Gasteiger partial charge in [-0.05, 0) is 33.1 Å². The molecule has 6 nitrogen and oxygen atoms in total. The van der Waals surface area contributed by atoms with E-state index in [9.17, 15) is 9.59 Å². The van der Waals surface area contributed by atoms with Gasteiger partial charge in [-0.3, -0.25) is 4.79 Å². The molecule has 0 saturated carbocycles. The minimum atomic E-state index is -0.842. The normalized spacial score (nSPS) is 22.1. The number of piperidine rings is 1. The van der Waals surface area contributed by atoms with Gasteiger partial charge in [0.2, 0.25) is 0 Å². The monoisotopic (exact) mass is 297 g/mol. The van der Waals surface area contributed by atoms with E-state index >= 15 is 0 Å². The molecule has 2 saturated heterocycles. The number of hydrogen-bond donors (Lipinski definition) is 1. The van der Waals surface area contributed by atoms with Crippen LogP contribution in [0.4, 0.5) is 4.79 Å². The highest BCUT2D eigenvalue weighted by molar-refractivity contribution is 5.76. The van der Waals surface area contributed by atoms with Crippen LogP contribution >= 0.6 is 0 Å². The van der Waals surface area contributed by atoms with Crippen molar-refractivity contribution in [3.63, 3.8) is 0 Å². The van der Waals surface area contributed by atoms with Crippen LogP contribution in [0.25, 0.3) is 0 Å². The summed E-state index contributed by atoms with van der Waals surface area (Å²) >= 11 is 0. The van der Waals surface area contributed by atoms with Crippen LogP contribution in [0.5, 0.6) is 0 Å². The number of aliphatic carboxylic acids is 1. The first kappa shape index (κ1) is 16.1. The number of carboxylic acid groups (broad SMARTS) is 1. The minimum Gasteiger partial charge on any atom is -0.481 e. The van der Waals surface area contributed by atoms with Crippen molar-refractivity contribution in [1.82, 2.24) is 14.7 Å². The van der Waals surface area contributed by atoms with Gasteiger partial charge in [-0.15, -0.1) is 0 Å². The van der Waals surface area contributed by atoms with E-state index in [0.717, 1.165) is 38.9 Å². The quantitative estimate of drug-likeness (QED) is 0.834. The smallest absolute Gasteiger partial charge is 0.320 e. The summed E-state index contributed by atoms with van der Waals surface area (Å²) in [5.74, 6) is -0.842. The highest BCUT2D eigenvalue weighted by Crippen LogP contribution is 2.22. The van der Waals surface area contributed by atoms with Crippen molar-refractivity contribution in [2.24, 2.45) is 0 Å². The molecule has 0 aromatic rings. The van der Waals surface area contributed by atoms with Gasteiger partial charge >= 0.3 is 12.0 Å². The van der Waals surface area contributed by atoms with Gasteiger partial charge in [0.1, 0.15) is 0 Å². The molecule has 0 aliphatic carbocycles. The first-order valence-corrected chi connectivity index (χ1v) is 8.00. The minimum absolute atomic E-state index is 0.0329. The van der Waals surface area contributed by atoms with E-state index in [1.165, 1.54) is 0 Å². The van der Waals surface area contributed by atoms with Crippen LogP contribution in [-0.2, 0) is 4.79 Å². The predicted octanol–water partition coefficient (Wildman–Crippen LogP) is 1.46. The fourth-order valence-corrected chi connectivity index (χ4v) is 3.30. The summed E-state index contributed by atoms with van der Waals surface area (Å²) in [4.78, 5) is 29.3. The predicted molar refractivity (Wildman–Crippen MR) is 80.3 cm³/mol. The number of amides is 2. The van der Waals surface area contributed by atoms with Crippen LogP contribution in [0, 0.1) is 0 Å². The molecular formula is C15H27N3O3. The summed E-state index contributed by atoms with van der Waals surface area (Å²) in [6.45, 7) is 8.33. The molecule has 0 bridgehead atoms. The third kappa shape index (κ3) is 4.09. The third-order valence-electron chi connectivity index (χ3n) is 4.61. The highest BCUT2D eigenvalue weighted by Gasteiger charge is 2.33. The fourth-order valence-electron chi connectivity index (χ4n) is 3.30. The summed E-state index contributed by atoms with van der Waals surface area (Å²) < 4.78 is 0. The van der Waals surface area contributed by atoms with Gasteiger partial charge in [0, 0.05) is 44.8 Å². The Morgan fingerprint density at radius 3 is 2.48 bits per heavy atom. The van der Waals surface area contributed by atoms with Gasteiger partial charge in [-0.25, -0.2) is 4.79 Å². The second-order valence-corrected chi connectivity index (χ2v) is 6.32. The van der Waals surface area contributed by atoms with Crippen molar-refractivity contribution in [2.75, 3.05) is 32.7 Å². The second-order valence-electron chi connectivity index (χ2n) is 6.32. The number of likely N-dealkylation sites (tertiary alicyclic amines) is 1. The Hall–Kier alpha value is -1.30. The van der Waals surface area contributed by atoms with E-state index < -0.39 is 5.97 Å². The van der Waals surface area contributed by atoms with Crippen molar-refractivity contribution >= 4 is 12.0 Å². The molecule has 2 amide bonds. The molecule has 21 heavy (non-hydrogen) atoms. The molecule has 2 aliphatic heterocycles. The van der Waals surface area contributed by atoms with Crippen molar-refractivity contribution < 1.29 is 14.7 Å². The molecule has 120 valence electrons. The summed E-state index contributed by atoms with van der Waals surface area (Å²) in [5, 5.41) is 8.77. The van der Waals surface area contributed by atoms with Gasteiger partial charge in [-0.2, -0.15) is 0 Å². The van der Waals surface area contributed by atoms with Crippen molar-refractivity contribution in [2.45, 2.75) is 51.6 Å². The summed E-state index contributed by atoms with van der Waals surface area (Å²) in [6.07, 6.45) is 3.02. The lowest BCUT2D eigenvalue weighted by Gasteiger charge is -2.44. The molecule has 0 aromatic heterocycles. The first-order chi connectivity index (χ1) is 9.99. The molecule has 2 aliphatic rings. The van der Waals surface area contributed by atoms with Crippen molar-refractivity contribution in [1.29, 1.82) is 0 Å². The van der Waals surface area contributed by atoms with Crippen molar-refractivity contribution in [3.05, 3.63) is 0 Å². The molecule has 0 spiro atoms. The standard InChI is InChI=1S/C15H27N3O3/c1-12(2)16-9-4-13(5-10-16)18-8-3-7-17(15(18)21)11-6-14(19)20/h12-13H,3-11H2,1-2H3,(H,19,20). The maximum Gasteiger partial charge on any atom is 0.320 e. The molecule has 0 unspecified atom stereocenters. The van der Waals surface area contributed by atoms with E-state index in [0.29, 0.717) is 25.2 Å². The van der Waals surface area contributed by atoms with Gasteiger partial charge < -0.3 is 19.8 Å². The maximum atomic E-state index is 12.5.